The molecule has 0 radical (unpaired) electrons. The van der Waals surface area contributed by atoms with E-state index in [9.17, 15) is 0 Å². The number of rotatable bonds is 2. The molecule has 0 bridgehead atoms. The summed E-state index contributed by atoms with van der Waals surface area (Å²) in [5, 5.41) is 10.9. The minimum Gasteiger partial charge on any atom is -0.314 e. The highest BCUT2D eigenvalue weighted by Gasteiger charge is 2.31. The van der Waals surface area contributed by atoms with Gasteiger partial charge in [-0.1, -0.05) is 0 Å². The van der Waals surface area contributed by atoms with Crippen molar-refractivity contribution in [3.63, 3.8) is 0 Å². The van der Waals surface area contributed by atoms with Gasteiger partial charge in [-0.15, -0.1) is 30.4 Å². The lowest BCUT2D eigenvalue weighted by atomic mass is 10.4. The van der Waals surface area contributed by atoms with Gasteiger partial charge in [-0.2, -0.15) is 15.2 Å². The van der Waals surface area contributed by atoms with Crippen molar-refractivity contribution in [3.8, 4) is 0 Å². The average Bonchev–Trinajstić information content (AvgIpc) is 2.89. The molecular weight excluding hydrogens is 320 g/mol. The van der Waals surface area contributed by atoms with Gasteiger partial charge in [0.15, 0.2) is 8.64 Å². The zero-order valence-corrected chi connectivity index (χ0v) is 13.9. The van der Waals surface area contributed by atoms with Crippen LogP contribution in [0.25, 0.3) is 0 Å². The molecule has 0 atom stereocenters. The van der Waals surface area contributed by atoms with Crippen LogP contribution in [0.1, 0.15) is 6.42 Å². The largest absolute Gasteiger partial charge is 0.314 e. The highest BCUT2D eigenvalue weighted by molar-refractivity contribution is 8.11. The molecule has 0 aliphatic carbocycles. The van der Waals surface area contributed by atoms with Crippen molar-refractivity contribution in [2.75, 3.05) is 39.3 Å². The van der Waals surface area contributed by atoms with E-state index >= 15 is 0 Å². The maximum Gasteiger partial charge on any atom is 0.172 e. The highest BCUT2D eigenvalue weighted by Crippen LogP contribution is 2.16. The predicted molar refractivity (Wildman–Crippen MR) is 90.6 cm³/mol. The third-order valence-electron chi connectivity index (χ3n) is 2.95. The number of thiocarbonyl (C=S) groups is 2. The Labute approximate surface area is 135 Å². The number of piperazine rings is 1. The number of nitrogens with one attached hydrogen (secondary N) is 2. The van der Waals surface area contributed by atoms with Gasteiger partial charge in [-0.3, -0.25) is 0 Å². The number of nitrogens with zero attached hydrogens (tertiary/aromatic N) is 4. The Balaban J connectivity index is 2.17. The monoisotopic (exact) mass is 338 g/mol. The number of hydrogen-bond acceptors (Lipinski definition) is 6. The van der Waals surface area contributed by atoms with Crippen LogP contribution in [0.4, 0.5) is 0 Å². The topological polar surface area (TPSA) is 37.0 Å². The first-order valence-corrected chi connectivity index (χ1v) is 7.85. The number of thiol groups is 2. The molecule has 0 amide bonds. The maximum atomic E-state index is 5.27. The van der Waals surface area contributed by atoms with E-state index in [0.717, 1.165) is 45.7 Å². The first-order chi connectivity index (χ1) is 9.11. The molecule has 0 aromatic heterocycles. The van der Waals surface area contributed by atoms with E-state index in [1.54, 1.807) is 5.12 Å². The summed E-state index contributed by atoms with van der Waals surface area (Å²) in [6, 6.07) is 0. The van der Waals surface area contributed by atoms with Crippen molar-refractivity contribution in [3.05, 3.63) is 0 Å². The molecule has 2 aliphatic rings. The standard InChI is InChI=1S/C9H18N6S4/c16-8(17)14(12-6-3-10-4-7-12)15(9(18)19)13-5-1-2-11-13/h10-11H,1-7H2,(H,16,17)(H,18,19). The summed E-state index contributed by atoms with van der Waals surface area (Å²) in [5.74, 6) is 0. The molecule has 0 saturated carbocycles. The molecule has 2 fully saturated rings. The van der Waals surface area contributed by atoms with Gasteiger partial charge in [0.25, 0.3) is 0 Å². The molecule has 2 saturated heterocycles. The molecule has 2 N–H and O–H groups in total. The van der Waals surface area contributed by atoms with Crippen molar-refractivity contribution in [1.82, 2.24) is 31.1 Å². The molecule has 6 nitrogen and oxygen atoms in total. The molecular formula is C9H18N6S4. The molecule has 0 unspecified atom stereocenters. The van der Waals surface area contributed by atoms with Gasteiger partial charge < -0.3 is 5.32 Å². The summed E-state index contributed by atoms with van der Waals surface area (Å²) in [6.45, 7) is 5.30. The van der Waals surface area contributed by atoms with E-state index in [0.29, 0.717) is 8.64 Å². The van der Waals surface area contributed by atoms with Crippen LogP contribution in [0.5, 0.6) is 0 Å². The fourth-order valence-electron chi connectivity index (χ4n) is 2.13. The Kier molecular flexibility index (Phi) is 6.09. The number of hydrogen-bond donors (Lipinski definition) is 4. The summed E-state index contributed by atoms with van der Waals surface area (Å²) < 4.78 is 0.885. The van der Waals surface area contributed by atoms with E-state index in [1.807, 2.05) is 10.2 Å². The van der Waals surface area contributed by atoms with Crippen LogP contribution < -0.4 is 10.7 Å². The van der Waals surface area contributed by atoms with Crippen LogP contribution in [-0.2, 0) is 0 Å². The van der Waals surface area contributed by atoms with Crippen molar-refractivity contribution in [2.45, 2.75) is 6.42 Å². The van der Waals surface area contributed by atoms with Gasteiger partial charge in [0, 0.05) is 39.3 Å². The average molecular weight is 339 g/mol. The molecule has 10 heteroatoms. The SMILES string of the molecule is S=C(S)N(N1CCNCC1)N(C(=S)S)N1CCCN1. The smallest absolute Gasteiger partial charge is 0.172 e. The minimum atomic E-state index is 0.435. The summed E-state index contributed by atoms with van der Waals surface area (Å²) in [5.41, 5.74) is 3.26. The van der Waals surface area contributed by atoms with E-state index < -0.39 is 0 Å². The van der Waals surface area contributed by atoms with E-state index in [2.05, 4.69) is 41.0 Å². The maximum absolute atomic E-state index is 5.27. The fourth-order valence-corrected chi connectivity index (χ4v) is 2.90. The van der Waals surface area contributed by atoms with Gasteiger partial charge >= 0.3 is 0 Å². The Bertz CT molecular complexity index is 342. The van der Waals surface area contributed by atoms with Crippen molar-refractivity contribution < 1.29 is 0 Å². The Morgan fingerprint density at radius 3 is 2.05 bits per heavy atom. The van der Waals surface area contributed by atoms with Gasteiger partial charge in [0.1, 0.15) is 0 Å². The van der Waals surface area contributed by atoms with Crippen molar-refractivity contribution in [1.29, 1.82) is 0 Å². The van der Waals surface area contributed by atoms with Crippen LogP contribution in [0, 0.1) is 0 Å². The molecule has 2 rings (SSSR count). The van der Waals surface area contributed by atoms with Crippen LogP contribution in [-0.4, -0.2) is 68.3 Å². The summed E-state index contributed by atoms with van der Waals surface area (Å²) in [4.78, 5) is 0. The predicted octanol–water partition coefficient (Wildman–Crippen LogP) is -0.120. The molecule has 0 aromatic rings. The van der Waals surface area contributed by atoms with Gasteiger partial charge in [0.05, 0.1) is 0 Å². The van der Waals surface area contributed by atoms with Gasteiger partial charge in [-0.25, -0.2) is 5.43 Å². The summed E-state index contributed by atoms with van der Waals surface area (Å²) in [6.07, 6.45) is 1.06. The highest BCUT2D eigenvalue weighted by atomic mass is 32.1. The second-order valence-corrected chi connectivity index (χ2v) is 6.46. The molecule has 0 aromatic carbocycles. The first-order valence-electron chi connectivity index (χ1n) is 6.14. The lowest BCUT2D eigenvalue weighted by molar-refractivity contribution is -0.191. The van der Waals surface area contributed by atoms with E-state index in [4.69, 9.17) is 24.4 Å². The molecule has 0 spiro atoms. The van der Waals surface area contributed by atoms with Gasteiger partial charge in [0.2, 0.25) is 0 Å². The van der Waals surface area contributed by atoms with Crippen LogP contribution in [0.15, 0.2) is 0 Å². The van der Waals surface area contributed by atoms with Crippen LogP contribution in [0.3, 0.4) is 0 Å². The molecule has 19 heavy (non-hydrogen) atoms. The third-order valence-corrected chi connectivity index (χ3v) is 3.64. The minimum absolute atomic E-state index is 0.435. The number of hydrazine groups is 4. The molecule has 2 aliphatic heterocycles. The summed E-state index contributed by atoms with van der Waals surface area (Å²) >= 11 is 19.2. The van der Waals surface area contributed by atoms with E-state index in [-0.39, 0.29) is 0 Å². The van der Waals surface area contributed by atoms with Crippen molar-refractivity contribution >= 4 is 58.3 Å². The quantitative estimate of drug-likeness (QED) is 0.316. The second-order valence-electron chi connectivity index (χ2n) is 4.23. The van der Waals surface area contributed by atoms with Crippen molar-refractivity contribution in [2.24, 2.45) is 0 Å². The van der Waals surface area contributed by atoms with E-state index in [1.165, 1.54) is 0 Å². The molecule has 2 heterocycles. The zero-order valence-electron chi connectivity index (χ0n) is 10.4. The normalized spacial score (nSPS) is 21.4. The van der Waals surface area contributed by atoms with Crippen LogP contribution in [0.2, 0.25) is 0 Å². The summed E-state index contributed by atoms with van der Waals surface area (Å²) in [7, 11) is 0. The van der Waals surface area contributed by atoms with Crippen LogP contribution >= 0.6 is 49.7 Å². The van der Waals surface area contributed by atoms with Gasteiger partial charge in [-0.05, 0) is 30.9 Å². The Morgan fingerprint density at radius 1 is 0.947 bits per heavy atom. The Morgan fingerprint density at radius 2 is 1.58 bits per heavy atom. The lowest BCUT2D eigenvalue weighted by Crippen LogP contribution is -2.65. The molecule has 108 valence electrons. The first kappa shape index (κ1) is 15.7. The fraction of sp³-hybridized carbons (Fsp3) is 0.778. The third kappa shape index (κ3) is 3.91. The zero-order chi connectivity index (χ0) is 13.8. The lowest BCUT2D eigenvalue weighted by Gasteiger charge is -2.46. The second kappa shape index (κ2) is 7.36. The Hall–Kier alpha value is 0.320.